The molecule has 76 valence electrons. The second-order valence-electron chi connectivity index (χ2n) is 5.70. The number of hydrogen-bond acceptors (Lipinski definition) is 1. The SMILES string of the molecule is CC(C)(C)C(=O)NC(C)(C)C1CC1. The van der Waals surface area contributed by atoms with Gasteiger partial charge in [-0.15, -0.1) is 0 Å². The first-order valence-corrected chi connectivity index (χ1v) is 5.06. The summed E-state index contributed by atoms with van der Waals surface area (Å²) in [6.07, 6.45) is 2.52. The average Bonchev–Trinajstić information content (AvgIpc) is 2.62. The molecule has 0 spiro atoms. The molecular formula is C11H21NO. The smallest absolute Gasteiger partial charge is 0.225 e. The van der Waals surface area contributed by atoms with Crippen molar-refractivity contribution in [3.8, 4) is 0 Å². The van der Waals surface area contributed by atoms with Gasteiger partial charge in [-0.25, -0.2) is 0 Å². The van der Waals surface area contributed by atoms with E-state index in [2.05, 4.69) is 19.2 Å². The van der Waals surface area contributed by atoms with Gasteiger partial charge in [0.05, 0.1) is 0 Å². The van der Waals surface area contributed by atoms with Gasteiger partial charge in [-0.05, 0) is 32.6 Å². The molecule has 0 heterocycles. The lowest BCUT2D eigenvalue weighted by atomic mass is 9.91. The van der Waals surface area contributed by atoms with E-state index in [0.717, 1.165) is 0 Å². The Morgan fingerprint density at radius 3 is 1.92 bits per heavy atom. The van der Waals surface area contributed by atoms with E-state index >= 15 is 0 Å². The van der Waals surface area contributed by atoms with Crippen LogP contribution in [0.25, 0.3) is 0 Å². The minimum atomic E-state index is -0.272. The lowest BCUT2D eigenvalue weighted by Gasteiger charge is -2.30. The van der Waals surface area contributed by atoms with Crippen LogP contribution in [-0.4, -0.2) is 11.4 Å². The van der Waals surface area contributed by atoms with Gasteiger partial charge in [0.1, 0.15) is 0 Å². The highest BCUT2D eigenvalue weighted by Gasteiger charge is 2.40. The highest BCUT2D eigenvalue weighted by Crippen LogP contribution is 2.39. The van der Waals surface area contributed by atoms with Crippen molar-refractivity contribution in [1.29, 1.82) is 0 Å². The van der Waals surface area contributed by atoms with Gasteiger partial charge in [0.2, 0.25) is 5.91 Å². The van der Waals surface area contributed by atoms with Crippen LogP contribution in [0.2, 0.25) is 0 Å². The third-order valence-electron chi connectivity index (χ3n) is 2.71. The first-order chi connectivity index (χ1) is 5.73. The normalized spacial score (nSPS) is 18.5. The summed E-state index contributed by atoms with van der Waals surface area (Å²) in [5, 5.41) is 3.12. The van der Waals surface area contributed by atoms with Crippen molar-refractivity contribution < 1.29 is 4.79 Å². The molecule has 1 aliphatic rings. The molecule has 1 fully saturated rings. The molecule has 0 radical (unpaired) electrons. The largest absolute Gasteiger partial charge is 0.350 e. The lowest BCUT2D eigenvalue weighted by Crippen LogP contribution is -2.49. The van der Waals surface area contributed by atoms with Crippen LogP contribution in [0.15, 0.2) is 0 Å². The van der Waals surface area contributed by atoms with E-state index in [1.807, 2.05) is 20.8 Å². The zero-order valence-corrected chi connectivity index (χ0v) is 9.40. The van der Waals surface area contributed by atoms with Crippen LogP contribution in [0.5, 0.6) is 0 Å². The van der Waals surface area contributed by atoms with Crippen molar-refractivity contribution in [2.45, 2.75) is 53.0 Å². The number of carbonyl (C=O) groups is 1. The van der Waals surface area contributed by atoms with Crippen molar-refractivity contribution in [2.75, 3.05) is 0 Å². The van der Waals surface area contributed by atoms with Crippen molar-refractivity contribution in [2.24, 2.45) is 11.3 Å². The Labute approximate surface area is 81.1 Å². The Kier molecular flexibility index (Phi) is 2.44. The van der Waals surface area contributed by atoms with E-state index in [1.54, 1.807) is 0 Å². The molecule has 13 heavy (non-hydrogen) atoms. The van der Waals surface area contributed by atoms with E-state index in [0.29, 0.717) is 5.92 Å². The third-order valence-corrected chi connectivity index (χ3v) is 2.71. The zero-order valence-electron chi connectivity index (χ0n) is 9.40. The summed E-state index contributed by atoms with van der Waals surface area (Å²) in [6, 6.07) is 0. The fourth-order valence-corrected chi connectivity index (χ4v) is 1.39. The Bertz CT molecular complexity index is 209. The predicted octanol–water partition coefficient (Wildman–Crippen LogP) is 2.34. The standard InChI is InChI=1S/C11H21NO/c1-10(2,3)9(13)12-11(4,5)8-6-7-8/h8H,6-7H2,1-5H3,(H,12,13). The van der Waals surface area contributed by atoms with Crippen LogP contribution in [0.1, 0.15) is 47.5 Å². The average molecular weight is 183 g/mol. The number of amides is 1. The molecule has 0 aromatic rings. The molecule has 1 rings (SSSR count). The first-order valence-electron chi connectivity index (χ1n) is 5.06. The van der Waals surface area contributed by atoms with Gasteiger partial charge in [0.15, 0.2) is 0 Å². The number of hydrogen-bond donors (Lipinski definition) is 1. The molecule has 0 bridgehead atoms. The molecule has 1 amide bonds. The Morgan fingerprint density at radius 2 is 1.62 bits per heavy atom. The van der Waals surface area contributed by atoms with E-state index in [4.69, 9.17) is 0 Å². The third kappa shape index (κ3) is 2.71. The van der Waals surface area contributed by atoms with Crippen LogP contribution in [0.3, 0.4) is 0 Å². The van der Waals surface area contributed by atoms with Gasteiger partial charge >= 0.3 is 0 Å². The van der Waals surface area contributed by atoms with E-state index in [-0.39, 0.29) is 16.9 Å². The molecule has 0 saturated heterocycles. The molecule has 2 heteroatoms. The van der Waals surface area contributed by atoms with Crippen molar-refractivity contribution in [1.82, 2.24) is 5.32 Å². The molecule has 0 unspecified atom stereocenters. The monoisotopic (exact) mass is 183 g/mol. The second kappa shape index (κ2) is 3.00. The predicted molar refractivity (Wildman–Crippen MR) is 54.4 cm³/mol. The van der Waals surface area contributed by atoms with Crippen LogP contribution in [0.4, 0.5) is 0 Å². The maximum absolute atomic E-state index is 11.7. The maximum atomic E-state index is 11.7. The second-order valence-corrected chi connectivity index (χ2v) is 5.70. The van der Waals surface area contributed by atoms with Crippen LogP contribution in [0, 0.1) is 11.3 Å². The van der Waals surface area contributed by atoms with Gasteiger partial charge in [0.25, 0.3) is 0 Å². The summed E-state index contributed by atoms with van der Waals surface area (Å²) >= 11 is 0. The molecule has 0 aliphatic heterocycles. The maximum Gasteiger partial charge on any atom is 0.225 e. The molecule has 0 aromatic heterocycles. The highest BCUT2D eigenvalue weighted by molar-refractivity contribution is 5.82. The van der Waals surface area contributed by atoms with E-state index in [9.17, 15) is 4.79 Å². The summed E-state index contributed by atoms with van der Waals surface area (Å²) in [7, 11) is 0. The number of carbonyl (C=O) groups excluding carboxylic acids is 1. The van der Waals surface area contributed by atoms with Gasteiger partial charge in [-0.3, -0.25) is 4.79 Å². The quantitative estimate of drug-likeness (QED) is 0.699. The van der Waals surface area contributed by atoms with Crippen LogP contribution >= 0.6 is 0 Å². The minimum Gasteiger partial charge on any atom is -0.350 e. The summed E-state index contributed by atoms with van der Waals surface area (Å²) in [6.45, 7) is 10.1. The molecule has 2 nitrogen and oxygen atoms in total. The molecule has 1 saturated carbocycles. The Balaban J connectivity index is 2.52. The molecule has 1 N–H and O–H groups in total. The van der Waals surface area contributed by atoms with Gasteiger partial charge in [-0.2, -0.15) is 0 Å². The van der Waals surface area contributed by atoms with Crippen molar-refractivity contribution in [3.05, 3.63) is 0 Å². The first kappa shape index (κ1) is 10.6. The van der Waals surface area contributed by atoms with Gasteiger partial charge < -0.3 is 5.32 Å². The van der Waals surface area contributed by atoms with Gasteiger partial charge in [0, 0.05) is 11.0 Å². The van der Waals surface area contributed by atoms with Gasteiger partial charge in [-0.1, -0.05) is 20.8 Å². The van der Waals surface area contributed by atoms with Crippen molar-refractivity contribution in [3.63, 3.8) is 0 Å². The molecule has 0 aromatic carbocycles. The summed E-state index contributed by atoms with van der Waals surface area (Å²) < 4.78 is 0. The number of rotatable bonds is 2. The number of nitrogens with one attached hydrogen (secondary N) is 1. The van der Waals surface area contributed by atoms with E-state index < -0.39 is 0 Å². The zero-order chi connectivity index (χ0) is 10.3. The summed E-state index contributed by atoms with van der Waals surface area (Å²) in [4.78, 5) is 11.7. The molecule has 1 aliphatic carbocycles. The van der Waals surface area contributed by atoms with Crippen LogP contribution in [-0.2, 0) is 4.79 Å². The molecule has 0 atom stereocenters. The fraction of sp³-hybridized carbons (Fsp3) is 0.909. The minimum absolute atomic E-state index is 0.00956. The highest BCUT2D eigenvalue weighted by atomic mass is 16.2. The molecular weight excluding hydrogens is 162 g/mol. The van der Waals surface area contributed by atoms with Crippen LogP contribution < -0.4 is 5.32 Å². The summed E-state index contributed by atoms with van der Waals surface area (Å²) in [5.41, 5.74) is -0.281. The van der Waals surface area contributed by atoms with E-state index in [1.165, 1.54) is 12.8 Å². The Morgan fingerprint density at radius 1 is 1.15 bits per heavy atom. The van der Waals surface area contributed by atoms with Crippen molar-refractivity contribution >= 4 is 5.91 Å². The fourth-order valence-electron chi connectivity index (χ4n) is 1.39. The Hall–Kier alpha value is -0.530. The lowest BCUT2D eigenvalue weighted by molar-refractivity contribution is -0.130. The summed E-state index contributed by atoms with van der Waals surface area (Å²) in [5.74, 6) is 0.850. The topological polar surface area (TPSA) is 29.1 Å².